The second kappa shape index (κ2) is 4.35. The van der Waals surface area contributed by atoms with E-state index in [1.165, 1.54) is 0 Å². The molecule has 0 aromatic carbocycles. The number of alkyl halides is 1. The number of rotatable bonds is 4. The van der Waals surface area contributed by atoms with E-state index >= 15 is 0 Å². The van der Waals surface area contributed by atoms with Crippen molar-refractivity contribution in [2.75, 3.05) is 19.8 Å². The largest absolute Gasteiger partial charge is 0.389 e. The molecule has 13 heavy (non-hydrogen) atoms. The van der Waals surface area contributed by atoms with Crippen LogP contribution < -0.4 is 5.32 Å². The number of aliphatic hydroxyl groups is 1. The highest BCUT2D eigenvalue weighted by molar-refractivity contribution is 4.90. The van der Waals surface area contributed by atoms with Gasteiger partial charge >= 0.3 is 0 Å². The Labute approximate surface area is 78.3 Å². The lowest BCUT2D eigenvalue weighted by Crippen LogP contribution is -2.46. The summed E-state index contributed by atoms with van der Waals surface area (Å²) in [5.41, 5.74) is -0.198. The maximum Gasteiger partial charge on any atom is 0.117 e. The summed E-state index contributed by atoms with van der Waals surface area (Å²) in [5.74, 6) is 0. The van der Waals surface area contributed by atoms with Gasteiger partial charge in [-0.1, -0.05) is 0 Å². The van der Waals surface area contributed by atoms with E-state index in [0.717, 1.165) is 13.0 Å². The third kappa shape index (κ3) is 2.90. The van der Waals surface area contributed by atoms with Crippen molar-refractivity contribution in [2.24, 2.45) is 0 Å². The van der Waals surface area contributed by atoms with Crippen LogP contribution in [0.3, 0.4) is 0 Å². The van der Waals surface area contributed by atoms with Crippen LogP contribution in [0.1, 0.15) is 20.3 Å². The second-order valence-corrected chi connectivity index (χ2v) is 4.01. The third-order valence-corrected chi connectivity index (χ3v) is 2.50. The van der Waals surface area contributed by atoms with Crippen molar-refractivity contribution in [3.05, 3.63) is 0 Å². The Balaban J connectivity index is 2.28. The van der Waals surface area contributed by atoms with Crippen molar-refractivity contribution >= 4 is 0 Å². The van der Waals surface area contributed by atoms with Crippen LogP contribution in [-0.2, 0) is 4.74 Å². The average Bonchev–Trinajstić information content (AvgIpc) is 2.41. The van der Waals surface area contributed by atoms with Crippen LogP contribution in [0.2, 0.25) is 0 Å². The van der Waals surface area contributed by atoms with Crippen LogP contribution in [0.5, 0.6) is 0 Å². The fourth-order valence-corrected chi connectivity index (χ4v) is 1.57. The van der Waals surface area contributed by atoms with Crippen molar-refractivity contribution in [3.8, 4) is 0 Å². The Morgan fingerprint density at radius 2 is 2.38 bits per heavy atom. The first-order valence-corrected chi connectivity index (χ1v) is 4.67. The number of halogens is 1. The molecule has 2 unspecified atom stereocenters. The molecule has 0 bridgehead atoms. The molecule has 1 saturated heterocycles. The molecule has 1 rings (SSSR count). The lowest BCUT2D eigenvalue weighted by atomic mass is 9.99. The molecular formula is C9H18FNO2. The molecule has 2 N–H and O–H groups in total. The van der Waals surface area contributed by atoms with Gasteiger partial charge in [0, 0.05) is 19.2 Å². The predicted molar refractivity (Wildman–Crippen MR) is 48.4 cm³/mol. The van der Waals surface area contributed by atoms with Gasteiger partial charge < -0.3 is 15.2 Å². The van der Waals surface area contributed by atoms with Crippen molar-refractivity contribution in [3.63, 3.8) is 0 Å². The average molecular weight is 191 g/mol. The zero-order valence-corrected chi connectivity index (χ0v) is 8.22. The van der Waals surface area contributed by atoms with Gasteiger partial charge in [0.1, 0.15) is 6.67 Å². The highest BCUT2D eigenvalue weighted by Gasteiger charge is 2.35. The quantitative estimate of drug-likeness (QED) is 0.679. The zero-order chi connectivity index (χ0) is 9.90. The summed E-state index contributed by atoms with van der Waals surface area (Å²) in [4.78, 5) is 0. The first-order chi connectivity index (χ1) is 6.06. The smallest absolute Gasteiger partial charge is 0.117 e. The van der Waals surface area contributed by atoms with Gasteiger partial charge in [0.05, 0.1) is 11.7 Å². The topological polar surface area (TPSA) is 41.5 Å². The first kappa shape index (κ1) is 10.9. The molecule has 1 aliphatic heterocycles. The summed E-state index contributed by atoms with van der Waals surface area (Å²) in [5, 5.41) is 12.1. The Hall–Kier alpha value is -0.190. The van der Waals surface area contributed by atoms with E-state index in [2.05, 4.69) is 5.32 Å². The van der Waals surface area contributed by atoms with Crippen LogP contribution in [-0.4, -0.2) is 42.7 Å². The Bertz CT molecular complexity index is 164. The molecule has 0 saturated carbocycles. The summed E-state index contributed by atoms with van der Waals surface area (Å²) in [6.45, 7) is 4.34. The van der Waals surface area contributed by atoms with Crippen molar-refractivity contribution < 1.29 is 14.2 Å². The summed E-state index contributed by atoms with van der Waals surface area (Å²) in [6.07, 6.45) is 0.0304. The molecule has 0 aromatic heterocycles. The molecule has 0 aromatic rings. The van der Waals surface area contributed by atoms with Crippen LogP contribution in [0.25, 0.3) is 0 Å². The second-order valence-electron chi connectivity index (χ2n) is 4.01. The number of nitrogens with one attached hydrogen (secondary N) is 1. The van der Waals surface area contributed by atoms with E-state index in [1.54, 1.807) is 0 Å². The fraction of sp³-hybridized carbons (Fsp3) is 1.00. The molecule has 3 nitrogen and oxygen atoms in total. The van der Waals surface area contributed by atoms with Crippen molar-refractivity contribution in [1.29, 1.82) is 0 Å². The Morgan fingerprint density at radius 1 is 1.69 bits per heavy atom. The summed E-state index contributed by atoms with van der Waals surface area (Å²) in [6, 6.07) is 0.216. The van der Waals surface area contributed by atoms with E-state index in [9.17, 15) is 4.39 Å². The van der Waals surface area contributed by atoms with Gasteiger partial charge in [-0.25, -0.2) is 4.39 Å². The van der Waals surface area contributed by atoms with E-state index < -0.39 is 12.8 Å². The van der Waals surface area contributed by atoms with Crippen LogP contribution in [0, 0.1) is 0 Å². The lowest BCUT2D eigenvalue weighted by molar-refractivity contribution is 0.0186. The molecule has 78 valence electrons. The van der Waals surface area contributed by atoms with Crippen molar-refractivity contribution in [1.82, 2.24) is 5.32 Å². The highest BCUT2D eigenvalue weighted by Crippen LogP contribution is 2.24. The van der Waals surface area contributed by atoms with Gasteiger partial charge in [0.25, 0.3) is 0 Å². The monoisotopic (exact) mass is 191 g/mol. The van der Waals surface area contributed by atoms with Crippen LogP contribution >= 0.6 is 0 Å². The normalized spacial score (nSPS) is 29.1. The minimum atomic E-state index is -0.892. The van der Waals surface area contributed by atoms with Gasteiger partial charge in [-0.2, -0.15) is 0 Å². The molecule has 0 spiro atoms. The third-order valence-electron chi connectivity index (χ3n) is 2.50. The molecule has 0 aliphatic carbocycles. The summed E-state index contributed by atoms with van der Waals surface area (Å²) >= 11 is 0. The summed E-state index contributed by atoms with van der Waals surface area (Å²) < 4.78 is 17.4. The standard InChI is InChI=1S/C9H18FNO2/c1-9(2)8(3-4-13-9)11-6-7(12)5-10/h7-8,11-12H,3-6H2,1-2H3. The predicted octanol–water partition coefficient (Wildman–Crippen LogP) is 0.474. The van der Waals surface area contributed by atoms with Gasteiger partial charge in [-0.15, -0.1) is 0 Å². The molecule has 1 heterocycles. The first-order valence-electron chi connectivity index (χ1n) is 4.67. The molecule has 0 amide bonds. The molecule has 4 heteroatoms. The van der Waals surface area contributed by atoms with Crippen LogP contribution in [0.4, 0.5) is 4.39 Å². The van der Waals surface area contributed by atoms with Gasteiger partial charge in [0.2, 0.25) is 0 Å². The zero-order valence-electron chi connectivity index (χ0n) is 8.22. The van der Waals surface area contributed by atoms with E-state index in [4.69, 9.17) is 9.84 Å². The van der Waals surface area contributed by atoms with Gasteiger partial charge in [-0.3, -0.25) is 0 Å². The summed E-state index contributed by atoms with van der Waals surface area (Å²) in [7, 11) is 0. The van der Waals surface area contributed by atoms with E-state index in [0.29, 0.717) is 6.54 Å². The molecule has 1 aliphatic rings. The molecule has 0 radical (unpaired) electrons. The number of ether oxygens (including phenoxy) is 1. The SMILES string of the molecule is CC1(C)OCCC1NCC(O)CF. The minimum Gasteiger partial charge on any atom is -0.389 e. The van der Waals surface area contributed by atoms with E-state index in [1.807, 2.05) is 13.8 Å². The maximum atomic E-state index is 11.9. The highest BCUT2D eigenvalue weighted by atomic mass is 19.1. The van der Waals surface area contributed by atoms with Crippen LogP contribution in [0.15, 0.2) is 0 Å². The Morgan fingerprint density at radius 3 is 2.85 bits per heavy atom. The fourth-order valence-electron chi connectivity index (χ4n) is 1.57. The molecule has 1 fully saturated rings. The van der Waals surface area contributed by atoms with Gasteiger partial charge in [0.15, 0.2) is 0 Å². The number of aliphatic hydroxyl groups excluding tert-OH is 1. The van der Waals surface area contributed by atoms with Crippen molar-refractivity contribution in [2.45, 2.75) is 38.0 Å². The van der Waals surface area contributed by atoms with Gasteiger partial charge in [-0.05, 0) is 20.3 Å². The number of hydrogen-bond donors (Lipinski definition) is 2. The molecular weight excluding hydrogens is 173 g/mol. The number of hydrogen-bond acceptors (Lipinski definition) is 3. The maximum absolute atomic E-state index is 11.9. The lowest BCUT2D eigenvalue weighted by Gasteiger charge is -2.27. The molecule has 2 atom stereocenters. The van der Waals surface area contributed by atoms with E-state index in [-0.39, 0.29) is 11.6 Å². The minimum absolute atomic E-state index is 0.198. The Kier molecular flexibility index (Phi) is 3.64.